The second kappa shape index (κ2) is 8.19. The van der Waals surface area contributed by atoms with Crippen molar-refractivity contribution in [3.63, 3.8) is 0 Å². The average Bonchev–Trinajstić information content (AvgIpc) is 3.00. The van der Waals surface area contributed by atoms with E-state index in [2.05, 4.69) is 10.3 Å². The second-order valence-electron chi connectivity index (χ2n) is 6.91. The van der Waals surface area contributed by atoms with Crippen LogP contribution >= 0.6 is 0 Å². The number of halogens is 2. The zero-order chi connectivity index (χ0) is 17.7. The van der Waals surface area contributed by atoms with Crippen LogP contribution in [0.5, 0.6) is 0 Å². The molecule has 0 saturated carbocycles. The molecule has 2 aliphatic rings. The van der Waals surface area contributed by atoms with E-state index in [9.17, 15) is 13.6 Å². The Morgan fingerprint density at radius 2 is 2.24 bits per heavy atom. The summed E-state index contributed by atoms with van der Waals surface area (Å²) in [5.41, 5.74) is 1.04. The summed E-state index contributed by atoms with van der Waals surface area (Å²) < 4.78 is 32.4. The molecular formula is C18H25F2N3O2. The van der Waals surface area contributed by atoms with Crippen molar-refractivity contribution in [1.29, 1.82) is 0 Å². The van der Waals surface area contributed by atoms with Gasteiger partial charge in [0, 0.05) is 51.7 Å². The van der Waals surface area contributed by atoms with E-state index in [1.807, 2.05) is 12.1 Å². The number of nitrogens with one attached hydrogen (secondary N) is 1. The number of carbonyl (C=O) groups excluding carboxylic acids is 1. The van der Waals surface area contributed by atoms with Crippen molar-refractivity contribution < 1.29 is 18.3 Å². The molecule has 3 rings (SSSR count). The first-order valence-electron chi connectivity index (χ1n) is 8.89. The van der Waals surface area contributed by atoms with Crippen LogP contribution in [0, 0.1) is 11.8 Å². The fourth-order valence-electron chi connectivity index (χ4n) is 3.61. The molecular weight excluding hydrogens is 328 g/mol. The highest BCUT2D eigenvalue weighted by molar-refractivity contribution is 5.79. The van der Waals surface area contributed by atoms with E-state index in [-0.39, 0.29) is 30.7 Å². The van der Waals surface area contributed by atoms with Gasteiger partial charge in [-0.25, -0.2) is 8.78 Å². The predicted molar refractivity (Wildman–Crippen MR) is 89.1 cm³/mol. The monoisotopic (exact) mass is 353 g/mol. The highest BCUT2D eigenvalue weighted by Gasteiger charge is 2.43. The number of rotatable bonds is 6. The molecule has 2 fully saturated rings. The van der Waals surface area contributed by atoms with Crippen LogP contribution in [0.15, 0.2) is 24.5 Å². The minimum absolute atomic E-state index is 0.147. The molecule has 1 aromatic rings. The summed E-state index contributed by atoms with van der Waals surface area (Å²) in [5, 5.41) is 3.31. The van der Waals surface area contributed by atoms with Gasteiger partial charge >= 0.3 is 0 Å². The van der Waals surface area contributed by atoms with Crippen LogP contribution in [0.4, 0.5) is 8.78 Å². The number of nitrogens with zero attached hydrogens (tertiary/aromatic N) is 2. The maximum atomic E-state index is 13.5. The maximum Gasteiger partial charge on any atom is 0.267 e. The highest BCUT2D eigenvalue weighted by atomic mass is 19.3. The van der Waals surface area contributed by atoms with Gasteiger partial charge in [-0.15, -0.1) is 0 Å². The number of aromatic nitrogens is 1. The van der Waals surface area contributed by atoms with Gasteiger partial charge < -0.3 is 15.0 Å². The molecule has 0 radical (unpaired) electrons. The van der Waals surface area contributed by atoms with Gasteiger partial charge in [0.2, 0.25) is 5.91 Å². The normalized spacial score (nSPS) is 22.1. The summed E-state index contributed by atoms with van der Waals surface area (Å²) in [7, 11) is 0. The molecule has 5 nitrogen and oxygen atoms in total. The predicted octanol–water partition coefficient (Wildman–Crippen LogP) is 2.08. The van der Waals surface area contributed by atoms with Crippen LogP contribution < -0.4 is 5.32 Å². The molecule has 25 heavy (non-hydrogen) atoms. The number of amides is 1. The minimum atomic E-state index is -2.75. The summed E-state index contributed by atoms with van der Waals surface area (Å²) in [4.78, 5) is 18.3. The summed E-state index contributed by atoms with van der Waals surface area (Å²) in [6.45, 7) is 2.06. The second-order valence-corrected chi connectivity index (χ2v) is 6.91. The van der Waals surface area contributed by atoms with Crippen LogP contribution in [-0.4, -0.2) is 54.6 Å². The van der Waals surface area contributed by atoms with Crippen molar-refractivity contribution in [3.05, 3.63) is 30.1 Å². The van der Waals surface area contributed by atoms with Gasteiger partial charge in [0.15, 0.2) is 0 Å². The van der Waals surface area contributed by atoms with Crippen molar-refractivity contribution in [2.75, 3.05) is 32.8 Å². The first kappa shape index (κ1) is 18.2. The third-order valence-corrected chi connectivity index (χ3v) is 5.05. The van der Waals surface area contributed by atoms with Gasteiger partial charge in [0.25, 0.3) is 5.92 Å². The van der Waals surface area contributed by atoms with Crippen molar-refractivity contribution in [2.24, 2.45) is 11.8 Å². The Morgan fingerprint density at radius 1 is 1.44 bits per heavy atom. The lowest BCUT2D eigenvalue weighted by atomic mass is 9.84. The quantitative estimate of drug-likeness (QED) is 0.851. The molecule has 7 heteroatoms. The minimum Gasteiger partial charge on any atom is -0.381 e. The Balaban J connectivity index is 1.61. The molecule has 0 aliphatic carbocycles. The lowest BCUT2D eigenvalue weighted by Gasteiger charge is -2.32. The summed E-state index contributed by atoms with van der Waals surface area (Å²) in [6.07, 6.45) is 4.86. The number of ether oxygens (including phenoxy) is 1. The molecule has 138 valence electrons. The van der Waals surface area contributed by atoms with E-state index >= 15 is 0 Å². The number of hydrogen-bond acceptors (Lipinski definition) is 4. The maximum absolute atomic E-state index is 13.5. The number of carbonyl (C=O) groups is 1. The lowest BCUT2D eigenvalue weighted by molar-refractivity contribution is -0.139. The number of pyridine rings is 1. The fraction of sp³-hybridized carbons (Fsp3) is 0.667. The molecule has 0 aromatic carbocycles. The van der Waals surface area contributed by atoms with Crippen molar-refractivity contribution in [1.82, 2.24) is 15.2 Å². The molecule has 0 spiro atoms. The first-order valence-corrected chi connectivity index (χ1v) is 8.89. The topological polar surface area (TPSA) is 54.5 Å². The third-order valence-electron chi connectivity index (χ3n) is 5.05. The van der Waals surface area contributed by atoms with Gasteiger partial charge in [-0.05, 0) is 30.4 Å². The number of alkyl halides is 2. The SMILES string of the molecule is O=C(C(CNCc1cccnc1)C1CCOCC1)N1CCC(F)(F)C1. The van der Waals surface area contributed by atoms with Crippen LogP contribution in [0.3, 0.4) is 0 Å². The molecule has 0 bridgehead atoms. The van der Waals surface area contributed by atoms with E-state index in [0.717, 1.165) is 18.4 Å². The first-order chi connectivity index (χ1) is 12.1. The zero-order valence-electron chi connectivity index (χ0n) is 14.3. The number of likely N-dealkylation sites (tertiary alicyclic amines) is 1. The van der Waals surface area contributed by atoms with Crippen molar-refractivity contribution in [3.8, 4) is 0 Å². The van der Waals surface area contributed by atoms with Gasteiger partial charge in [0.05, 0.1) is 12.5 Å². The summed E-state index contributed by atoms with van der Waals surface area (Å²) in [6, 6.07) is 3.83. The van der Waals surface area contributed by atoms with Crippen LogP contribution in [0.2, 0.25) is 0 Å². The standard InChI is InChI=1S/C18H25F2N3O2/c19-18(20)5-7-23(13-18)17(24)16(15-3-8-25-9-4-15)12-22-11-14-2-1-6-21-10-14/h1-2,6,10,15-16,22H,3-5,7-9,11-13H2. The smallest absolute Gasteiger partial charge is 0.267 e. The van der Waals surface area contributed by atoms with Gasteiger partial charge in [-0.3, -0.25) is 9.78 Å². The molecule has 1 N–H and O–H groups in total. The van der Waals surface area contributed by atoms with Crippen molar-refractivity contribution >= 4 is 5.91 Å². The summed E-state index contributed by atoms with van der Waals surface area (Å²) in [5.74, 6) is -3.01. The van der Waals surface area contributed by atoms with E-state index in [4.69, 9.17) is 4.74 Å². The van der Waals surface area contributed by atoms with Gasteiger partial charge in [0.1, 0.15) is 0 Å². The molecule has 1 atom stereocenters. The molecule has 3 heterocycles. The van der Waals surface area contributed by atoms with Gasteiger partial charge in [-0.1, -0.05) is 6.07 Å². The van der Waals surface area contributed by atoms with E-state index in [1.54, 1.807) is 12.4 Å². The number of hydrogen-bond donors (Lipinski definition) is 1. The van der Waals surface area contributed by atoms with E-state index in [0.29, 0.717) is 26.3 Å². The Labute approximate surface area is 146 Å². The molecule has 1 aromatic heterocycles. The zero-order valence-corrected chi connectivity index (χ0v) is 14.3. The van der Waals surface area contributed by atoms with Gasteiger partial charge in [-0.2, -0.15) is 0 Å². The van der Waals surface area contributed by atoms with Crippen LogP contribution in [0.25, 0.3) is 0 Å². The summed E-state index contributed by atoms with van der Waals surface area (Å²) >= 11 is 0. The molecule has 2 saturated heterocycles. The Bertz CT molecular complexity index is 565. The Hall–Kier alpha value is -1.60. The van der Waals surface area contributed by atoms with Crippen LogP contribution in [-0.2, 0) is 16.1 Å². The fourth-order valence-corrected chi connectivity index (χ4v) is 3.61. The molecule has 2 aliphatic heterocycles. The molecule has 1 unspecified atom stereocenters. The Kier molecular flexibility index (Phi) is 5.96. The van der Waals surface area contributed by atoms with E-state index in [1.165, 1.54) is 4.90 Å². The Morgan fingerprint density at radius 3 is 2.88 bits per heavy atom. The largest absolute Gasteiger partial charge is 0.381 e. The van der Waals surface area contributed by atoms with E-state index < -0.39 is 12.5 Å². The lowest BCUT2D eigenvalue weighted by Crippen LogP contribution is -2.44. The van der Waals surface area contributed by atoms with Crippen molar-refractivity contribution in [2.45, 2.75) is 31.7 Å². The van der Waals surface area contributed by atoms with Crippen LogP contribution in [0.1, 0.15) is 24.8 Å². The highest BCUT2D eigenvalue weighted by Crippen LogP contribution is 2.31. The molecule has 1 amide bonds. The average molecular weight is 353 g/mol. The third kappa shape index (κ3) is 4.95.